The van der Waals surface area contributed by atoms with Gasteiger partial charge in [0.25, 0.3) is 0 Å². The predicted octanol–water partition coefficient (Wildman–Crippen LogP) is 2.29. The van der Waals surface area contributed by atoms with E-state index in [9.17, 15) is 4.79 Å². The third-order valence-electron chi connectivity index (χ3n) is 3.12. The fourth-order valence-corrected chi connectivity index (χ4v) is 2.20. The summed E-state index contributed by atoms with van der Waals surface area (Å²) in [6.07, 6.45) is 3.32. The molecule has 0 aliphatic heterocycles. The number of hydrogen-bond acceptors (Lipinski definition) is 4. The van der Waals surface area contributed by atoms with E-state index >= 15 is 0 Å². The van der Waals surface area contributed by atoms with Crippen LogP contribution in [0.25, 0.3) is 11.1 Å². The van der Waals surface area contributed by atoms with Gasteiger partial charge >= 0.3 is 38.7 Å². The van der Waals surface area contributed by atoms with Gasteiger partial charge in [-0.25, -0.2) is 0 Å². The minimum atomic E-state index is -0.113. The van der Waals surface area contributed by atoms with Gasteiger partial charge in [-0.05, 0) is 30.4 Å². The van der Waals surface area contributed by atoms with E-state index in [0.717, 1.165) is 23.1 Å². The zero-order valence-electron chi connectivity index (χ0n) is 10.1. The number of rotatable bonds is 3. The second-order valence-electron chi connectivity index (χ2n) is 4.20. The van der Waals surface area contributed by atoms with E-state index < -0.39 is 0 Å². The molecule has 1 aromatic carbocycles. The van der Waals surface area contributed by atoms with Crippen LogP contribution in [-0.4, -0.2) is 17.6 Å². The maximum Gasteiger partial charge on any atom is 3.00 e. The standard InChI is InChI=1S/C13H12NO3.Y/c1-2-16-13(15)10-6-9(10)8-4-3-5-11-12(8)17-7-14-11;/h3-5,9-10H,2,6H2,1H3;/q-1;+3. The first-order valence-electron chi connectivity index (χ1n) is 5.73. The number of carbonyl (C=O) groups excluding carboxylic acids is 1. The van der Waals surface area contributed by atoms with Gasteiger partial charge in [0.2, 0.25) is 0 Å². The molecule has 1 fully saturated rings. The van der Waals surface area contributed by atoms with Crippen LogP contribution in [0.1, 0.15) is 24.8 Å². The molecule has 2 unspecified atom stereocenters. The summed E-state index contributed by atoms with van der Waals surface area (Å²) >= 11 is 0. The molecule has 1 heterocycles. The Morgan fingerprint density at radius 3 is 3.22 bits per heavy atom. The molecule has 2 aromatic rings. The van der Waals surface area contributed by atoms with Gasteiger partial charge in [-0.15, -0.1) is 6.07 Å². The van der Waals surface area contributed by atoms with Crippen LogP contribution in [0, 0.1) is 12.3 Å². The molecule has 4 nitrogen and oxygen atoms in total. The topological polar surface area (TPSA) is 52.3 Å². The molecule has 0 spiro atoms. The number of ether oxygens (including phenoxy) is 1. The zero-order chi connectivity index (χ0) is 11.8. The fraction of sp³-hybridized carbons (Fsp3) is 0.385. The third-order valence-corrected chi connectivity index (χ3v) is 3.12. The van der Waals surface area contributed by atoms with Crippen molar-refractivity contribution in [2.24, 2.45) is 5.92 Å². The molecule has 0 saturated heterocycles. The molecule has 5 heteroatoms. The Labute approximate surface area is 130 Å². The third kappa shape index (κ3) is 2.36. The summed E-state index contributed by atoms with van der Waals surface area (Å²) in [6.45, 7) is 2.25. The molecule has 0 amide bonds. The van der Waals surface area contributed by atoms with E-state index in [1.165, 1.54) is 0 Å². The zero-order valence-corrected chi connectivity index (χ0v) is 12.9. The van der Waals surface area contributed by atoms with Crippen molar-refractivity contribution < 1.29 is 46.7 Å². The molecular weight excluding hydrogens is 307 g/mol. The number of para-hydroxylation sites is 1. The SMILES string of the molecule is CCOC(=O)C1CC1c1cccc2n[c-]oc12.[Y+3]. The fourth-order valence-electron chi connectivity index (χ4n) is 2.20. The van der Waals surface area contributed by atoms with Crippen LogP contribution in [-0.2, 0) is 42.2 Å². The van der Waals surface area contributed by atoms with Crippen molar-refractivity contribution in [2.45, 2.75) is 19.3 Å². The Kier molecular flexibility index (Phi) is 4.18. The van der Waals surface area contributed by atoms with Crippen LogP contribution in [0.3, 0.4) is 0 Å². The summed E-state index contributed by atoms with van der Waals surface area (Å²) in [5.74, 6) is 0.0720. The predicted molar refractivity (Wildman–Crippen MR) is 60.3 cm³/mol. The van der Waals surface area contributed by atoms with Crippen molar-refractivity contribution in [2.75, 3.05) is 6.61 Å². The van der Waals surface area contributed by atoms with Crippen molar-refractivity contribution >= 4 is 17.1 Å². The van der Waals surface area contributed by atoms with Crippen molar-refractivity contribution in [1.29, 1.82) is 0 Å². The Hall–Kier alpha value is -0.736. The Morgan fingerprint density at radius 1 is 1.61 bits per heavy atom. The maximum atomic E-state index is 11.6. The average molecular weight is 319 g/mol. The molecule has 0 bridgehead atoms. The molecule has 0 N–H and O–H groups in total. The molecule has 1 aliphatic rings. The van der Waals surface area contributed by atoms with E-state index in [1.54, 1.807) is 0 Å². The maximum absolute atomic E-state index is 11.6. The Morgan fingerprint density at radius 2 is 2.44 bits per heavy atom. The van der Waals surface area contributed by atoms with Gasteiger partial charge in [0.15, 0.2) is 0 Å². The summed E-state index contributed by atoms with van der Waals surface area (Å²) in [7, 11) is 0. The summed E-state index contributed by atoms with van der Waals surface area (Å²) in [5.41, 5.74) is 2.57. The number of hydrogen-bond donors (Lipinski definition) is 0. The average Bonchev–Trinajstić information content (AvgIpc) is 2.98. The van der Waals surface area contributed by atoms with Crippen molar-refractivity contribution in [3.05, 3.63) is 30.2 Å². The van der Waals surface area contributed by atoms with Crippen LogP contribution in [0.4, 0.5) is 0 Å². The number of benzene rings is 1. The van der Waals surface area contributed by atoms with E-state index in [1.807, 2.05) is 25.1 Å². The second-order valence-corrected chi connectivity index (χ2v) is 4.20. The number of fused-ring (bicyclic) bond motifs is 1. The summed E-state index contributed by atoms with van der Waals surface area (Å²) < 4.78 is 10.3. The first kappa shape index (κ1) is 13.7. The van der Waals surface area contributed by atoms with Crippen LogP contribution in [0.5, 0.6) is 0 Å². The molecule has 3 rings (SSSR count). The van der Waals surface area contributed by atoms with Crippen molar-refractivity contribution in [3.63, 3.8) is 0 Å². The number of nitrogens with zero attached hydrogens (tertiary/aromatic N) is 1. The number of carbonyl (C=O) groups is 1. The number of oxazole rings is 1. The largest absolute Gasteiger partial charge is 3.00 e. The van der Waals surface area contributed by atoms with E-state index in [-0.39, 0.29) is 50.5 Å². The van der Waals surface area contributed by atoms with Gasteiger partial charge < -0.3 is 14.1 Å². The molecule has 88 valence electrons. The molecular formula is C13H12NO3Y+2. The summed E-state index contributed by atoms with van der Waals surface area (Å²) in [4.78, 5) is 15.6. The molecule has 1 aromatic heterocycles. The minimum absolute atomic E-state index is 0. The van der Waals surface area contributed by atoms with E-state index in [2.05, 4.69) is 11.4 Å². The quantitative estimate of drug-likeness (QED) is 0.643. The number of aromatic nitrogens is 1. The van der Waals surface area contributed by atoms with Crippen LogP contribution >= 0.6 is 0 Å². The smallest absolute Gasteiger partial charge is 0.573 e. The summed E-state index contributed by atoms with van der Waals surface area (Å²) in [6, 6.07) is 5.78. The van der Waals surface area contributed by atoms with E-state index in [4.69, 9.17) is 9.15 Å². The van der Waals surface area contributed by atoms with Crippen LogP contribution < -0.4 is 0 Å². The van der Waals surface area contributed by atoms with Gasteiger partial charge in [-0.2, -0.15) is 0 Å². The molecule has 0 radical (unpaired) electrons. The summed E-state index contributed by atoms with van der Waals surface area (Å²) in [5, 5.41) is 0. The Bertz CT molecular complexity index is 566. The second kappa shape index (κ2) is 5.49. The molecule has 2 atom stereocenters. The Balaban J connectivity index is 0.00000120. The van der Waals surface area contributed by atoms with Crippen LogP contribution in [0.15, 0.2) is 22.6 Å². The molecule has 1 saturated carbocycles. The van der Waals surface area contributed by atoms with Gasteiger partial charge in [0.1, 0.15) is 6.39 Å². The van der Waals surface area contributed by atoms with Crippen LogP contribution in [0.2, 0.25) is 0 Å². The van der Waals surface area contributed by atoms with Gasteiger partial charge in [-0.1, -0.05) is 17.7 Å². The molecule has 1 aliphatic carbocycles. The number of esters is 1. The van der Waals surface area contributed by atoms with E-state index in [0.29, 0.717) is 6.61 Å². The van der Waals surface area contributed by atoms with Gasteiger partial charge in [0, 0.05) is 0 Å². The van der Waals surface area contributed by atoms with Gasteiger partial charge in [-0.3, -0.25) is 4.79 Å². The minimum Gasteiger partial charge on any atom is -0.573 e. The van der Waals surface area contributed by atoms with Gasteiger partial charge in [0.05, 0.1) is 12.5 Å². The monoisotopic (exact) mass is 319 g/mol. The normalized spacial score (nSPS) is 21.4. The molecule has 18 heavy (non-hydrogen) atoms. The first-order chi connectivity index (χ1) is 8.31. The first-order valence-corrected chi connectivity index (χ1v) is 5.73. The van der Waals surface area contributed by atoms with Crippen molar-refractivity contribution in [1.82, 2.24) is 4.98 Å². The van der Waals surface area contributed by atoms with Crippen molar-refractivity contribution in [3.8, 4) is 0 Å².